The van der Waals surface area contributed by atoms with Gasteiger partial charge in [0.1, 0.15) is 6.04 Å². The van der Waals surface area contributed by atoms with Crippen LogP contribution in [-0.4, -0.2) is 69.1 Å². The van der Waals surface area contributed by atoms with Gasteiger partial charge in [0, 0.05) is 17.0 Å². The molecule has 1 aromatic rings. The van der Waals surface area contributed by atoms with E-state index in [9.17, 15) is 19.5 Å². The normalized spacial score (nSPS) is 35.1. The minimum Gasteiger partial charge on any atom is -0.465 e. The van der Waals surface area contributed by atoms with Crippen LogP contribution in [0, 0.1) is 25.7 Å². The Balaban J connectivity index is 1.69. The van der Waals surface area contributed by atoms with E-state index in [1.54, 1.807) is 11.8 Å². The van der Waals surface area contributed by atoms with Crippen LogP contribution in [0.5, 0.6) is 0 Å². The first-order chi connectivity index (χ1) is 16.6. The molecule has 4 heterocycles. The molecule has 0 bridgehead atoms. The van der Waals surface area contributed by atoms with E-state index < -0.39 is 39.4 Å². The molecule has 0 aromatic heterocycles. The molecular weight excluding hydrogens is 464 g/mol. The molecule has 1 aromatic carbocycles. The lowest BCUT2D eigenvalue weighted by Gasteiger charge is -2.39. The van der Waals surface area contributed by atoms with Crippen molar-refractivity contribution in [2.75, 3.05) is 24.7 Å². The molecule has 1 spiro atoms. The second kappa shape index (κ2) is 8.52. The third kappa shape index (κ3) is 3.48. The van der Waals surface area contributed by atoms with Gasteiger partial charge in [-0.1, -0.05) is 36.4 Å². The van der Waals surface area contributed by atoms with Crippen molar-refractivity contribution in [3.8, 4) is 0 Å². The van der Waals surface area contributed by atoms with E-state index in [2.05, 4.69) is 0 Å². The van der Waals surface area contributed by atoms with E-state index in [0.29, 0.717) is 13.0 Å². The van der Waals surface area contributed by atoms with Gasteiger partial charge in [0.2, 0.25) is 5.91 Å². The number of likely N-dealkylation sites (tertiary alicyclic amines) is 1. The Labute approximate surface area is 210 Å². The van der Waals surface area contributed by atoms with Gasteiger partial charge in [-0.25, -0.2) is 0 Å². The van der Waals surface area contributed by atoms with Gasteiger partial charge in [-0.15, -0.1) is 11.8 Å². The maximum Gasteiger partial charge on any atom is 0.311 e. The number of thioether (sulfide) groups is 1. The average Bonchev–Trinajstić information content (AvgIpc) is 3.14. The summed E-state index contributed by atoms with van der Waals surface area (Å²) in [6, 6.07) is 4.57. The van der Waals surface area contributed by atoms with Crippen LogP contribution in [0.1, 0.15) is 31.4 Å². The summed E-state index contributed by atoms with van der Waals surface area (Å²) in [4.78, 5) is 45.0. The predicted molar refractivity (Wildman–Crippen MR) is 135 cm³/mol. The second-order valence-electron chi connectivity index (χ2n) is 10.3. The first-order valence-corrected chi connectivity index (χ1v) is 13.0. The monoisotopic (exact) mass is 496 g/mol. The van der Waals surface area contributed by atoms with Crippen LogP contribution < -0.4 is 4.90 Å². The van der Waals surface area contributed by atoms with Crippen molar-refractivity contribution in [2.45, 2.75) is 55.7 Å². The van der Waals surface area contributed by atoms with Crippen molar-refractivity contribution in [1.29, 1.82) is 0 Å². The number of aryl methyl sites for hydroxylation is 2. The summed E-state index contributed by atoms with van der Waals surface area (Å²) in [5, 5.41) is 10.1. The highest BCUT2D eigenvalue weighted by Crippen LogP contribution is 2.65. The molecule has 4 aliphatic rings. The minimum absolute atomic E-state index is 0.192. The number of nitrogens with zero attached hydrogens (tertiary/aromatic N) is 2. The average molecular weight is 497 g/mol. The number of hydrogen-bond donors (Lipinski definition) is 1. The van der Waals surface area contributed by atoms with Crippen molar-refractivity contribution < 1.29 is 24.2 Å². The number of carbonyl (C=O) groups is 3. The number of aliphatic hydroxyl groups excluding tert-OH is 1. The van der Waals surface area contributed by atoms with Crippen LogP contribution in [-0.2, 0) is 19.1 Å². The van der Waals surface area contributed by atoms with Crippen LogP contribution in [0.3, 0.4) is 0 Å². The maximum absolute atomic E-state index is 14.4. The number of rotatable bonds is 3. The summed E-state index contributed by atoms with van der Waals surface area (Å²) in [7, 11) is 0. The molecule has 2 saturated heterocycles. The lowest BCUT2D eigenvalue weighted by Crippen LogP contribution is -2.56. The van der Waals surface area contributed by atoms with Crippen molar-refractivity contribution >= 4 is 35.2 Å². The zero-order valence-electron chi connectivity index (χ0n) is 20.6. The van der Waals surface area contributed by atoms with Crippen LogP contribution in [0.25, 0.3) is 0 Å². The second-order valence-corrected chi connectivity index (χ2v) is 12.1. The number of cyclic esters (lactones) is 1. The number of anilines is 1. The molecule has 5 rings (SSSR count). The van der Waals surface area contributed by atoms with Crippen molar-refractivity contribution in [1.82, 2.24) is 4.90 Å². The first-order valence-electron chi connectivity index (χ1n) is 12.2. The van der Waals surface area contributed by atoms with E-state index in [0.717, 1.165) is 16.8 Å². The summed E-state index contributed by atoms with van der Waals surface area (Å²) in [6.45, 7) is 8.03. The van der Waals surface area contributed by atoms with Crippen LogP contribution in [0.15, 0.2) is 42.5 Å². The summed E-state index contributed by atoms with van der Waals surface area (Å²) >= 11 is 1.52. The zero-order valence-corrected chi connectivity index (χ0v) is 21.4. The Morgan fingerprint density at radius 2 is 1.91 bits per heavy atom. The fourth-order valence-electron chi connectivity index (χ4n) is 6.22. The van der Waals surface area contributed by atoms with E-state index in [1.165, 1.54) is 16.7 Å². The number of carbonyl (C=O) groups excluding carboxylic acids is 3. The lowest BCUT2D eigenvalue weighted by molar-refractivity contribution is -0.154. The number of ether oxygens (including phenoxy) is 1. The summed E-state index contributed by atoms with van der Waals surface area (Å²) < 4.78 is 3.91. The summed E-state index contributed by atoms with van der Waals surface area (Å²) in [6.07, 6.45) is 8.58. The summed E-state index contributed by atoms with van der Waals surface area (Å²) in [5.41, 5.74) is 2.82. The lowest BCUT2D eigenvalue weighted by atomic mass is 9.74. The van der Waals surface area contributed by atoms with Crippen LogP contribution >= 0.6 is 11.8 Å². The Bertz CT molecular complexity index is 1150. The highest BCUT2D eigenvalue weighted by molar-refractivity contribution is 8.02. The van der Waals surface area contributed by atoms with Gasteiger partial charge in [-0.05, 0) is 51.3 Å². The number of esters is 1. The van der Waals surface area contributed by atoms with Gasteiger partial charge in [0.05, 0.1) is 35.8 Å². The number of hydrogen-bond acceptors (Lipinski definition) is 6. The van der Waals surface area contributed by atoms with Gasteiger partial charge in [-0.2, -0.15) is 0 Å². The van der Waals surface area contributed by atoms with Gasteiger partial charge in [-0.3, -0.25) is 14.4 Å². The molecule has 4 aliphatic heterocycles. The molecule has 186 valence electrons. The molecule has 7 nitrogen and oxygen atoms in total. The molecule has 35 heavy (non-hydrogen) atoms. The molecule has 0 aliphatic carbocycles. The highest BCUT2D eigenvalue weighted by atomic mass is 32.2. The van der Waals surface area contributed by atoms with E-state index in [-0.39, 0.29) is 25.0 Å². The molecule has 0 saturated carbocycles. The Kier molecular flexibility index (Phi) is 5.87. The van der Waals surface area contributed by atoms with Crippen molar-refractivity contribution in [3.63, 3.8) is 0 Å². The maximum atomic E-state index is 14.4. The van der Waals surface area contributed by atoms with Crippen molar-refractivity contribution in [2.24, 2.45) is 11.8 Å². The molecule has 6 atom stereocenters. The van der Waals surface area contributed by atoms with Crippen LogP contribution in [0.4, 0.5) is 5.69 Å². The third-order valence-electron chi connectivity index (χ3n) is 7.85. The molecule has 8 heteroatoms. The molecule has 1 N–H and O–H groups in total. The Morgan fingerprint density at radius 1 is 1.14 bits per heavy atom. The van der Waals surface area contributed by atoms with E-state index >= 15 is 0 Å². The fourth-order valence-corrected chi connectivity index (χ4v) is 8.36. The van der Waals surface area contributed by atoms with Gasteiger partial charge < -0.3 is 19.6 Å². The van der Waals surface area contributed by atoms with E-state index in [1.807, 2.05) is 63.3 Å². The smallest absolute Gasteiger partial charge is 0.311 e. The van der Waals surface area contributed by atoms with Gasteiger partial charge >= 0.3 is 5.97 Å². The highest BCUT2D eigenvalue weighted by Gasteiger charge is 2.74. The minimum atomic E-state index is -0.947. The Hall–Kier alpha value is -2.58. The first kappa shape index (κ1) is 24.1. The van der Waals surface area contributed by atoms with Gasteiger partial charge in [0.25, 0.3) is 5.91 Å². The molecule has 1 unspecified atom stereocenters. The fraction of sp³-hybridized carbons (Fsp3) is 0.519. The molecule has 0 radical (unpaired) electrons. The molecule has 2 fully saturated rings. The number of amides is 2. The Morgan fingerprint density at radius 3 is 2.66 bits per heavy atom. The SMILES string of the molecule is Cc1ccc(C)c(N2CC=C[C@]34S[C@]5(C)C=CCCOC(=O)[C@@H]5[C@H]3C(=O)N([C@H](C)CO)C4C2=O)c1. The predicted octanol–water partition coefficient (Wildman–Crippen LogP) is 2.78. The topological polar surface area (TPSA) is 87.2 Å². The molecule has 2 amide bonds. The number of aliphatic hydroxyl groups is 1. The molecular formula is C27H32N2O5S. The standard InChI is InChI=1S/C27H32N2O5S/c1-16-8-9-17(2)19(14-16)28-12-7-11-27-20(23(31)29(18(3)15-30)22(27)24(28)32)21-25(33)34-13-6-5-10-26(21,4)35-27/h5,7-11,14,18,20-22,30H,6,12-13,15H2,1-4H3/t18-,20+,21+,22?,26-,27+/m1/s1. The van der Waals surface area contributed by atoms with E-state index in [4.69, 9.17) is 4.74 Å². The number of benzene rings is 1. The number of fused-ring (bicyclic) bond motifs is 2. The van der Waals surface area contributed by atoms with Crippen molar-refractivity contribution in [3.05, 3.63) is 53.6 Å². The largest absolute Gasteiger partial charge is 0.465 e. The van der Waals surface area contributed by atoms with Crippen LogP contribution in [0.2, 0.25) is 0 Å². The van der Waals surface area contributed by atoms with Gasteiger partial charge in [0.15, 0.2) is 0 Å². The summed E-state index contributed by atoms with van der Waals surface area (Å²) in [5.74, 6) is -2.34. The third-order valence-corrected chi connectivity index (χ3v) is 9.65. The quantitative estimate of drug-likeness (QED) is 0.512. The zero-order chi connectivity index (χ0) is 25.1.